The SMILES string of the molecule is Cc1cccc(Nc2nnc(SCC(=O)Nc3ccccc3C(C)C)s2)c1C. The summed E-state index contributed by atoms with van der Waals surface area (Å²) in [4.78, 5) is 12.3. The molecule has 0 spiro atoms. The molecule has 0 atom stereocenters. The summed E-state index contributed by atoms with van der Waals surface area (Å²) >= 11 is 2.84. The first-order valence-electron chi connectivity index (χ1n) is 9.12. The summed E-state index contributed by atoms with van der Waals surface area (Å²) in [6.45, 7) is 8.39. The van der Waals surface area contributed by atoms with Gasteiger partial charge in [0.2, 0.25) is 11.0 Å². The number of para-hydroxylation sites is 1. The van der Waals surface area contributed by atoms with Gasteiger partial charge in [0.1, 0.15) is 0 Å². The van der Waals surface area contributed by atoms with Crippen LogP contribution in [0.5, 0.6) is 0 Å². The molecule has 2 N–H and O–H groups in total. The van der Waals surface area contributed by atoms with Crippen molar-refractivity contribution in [3.05, 3.63) is 59.2 Å². The molecule has 3 rings (SSSR count). The molecule has 3 aromatic rings. The Balaban J connectivity index is 1.57. The van der Waals surface area contributed by atoms with E-state index in [2.05, 4.69) is 54.6 Å². The lowest BCUT2D eigenvalue weighted by atomic mass is 10.0. The van der Waals surface area contributed by atoms with E-state index in [1.54, 1.807) is 0 Å². The van der Waals surface area contributed by atoms with Crippen molar-refractivity contribution in [1.82, 2.24) is 10.2 Å². The molecule has 0 aliphatic carbocycles. The van der Waals surface area contributed by atoms with Gasteiger partial charge >= 0.3 is 0 Å². The molecule has 0 fully saturated rings. The fourth-order valence-electron chi connectivity index (χ4n) is 2.75. The molecular weight excluding hydrogens is 388 g/mol. The van der Waals surface area contributed by atoms with Crippen LogP contribution >= 0.6 is 23.1 Å². The second-order valence-electron chi connectivity index (χ2n) is 6.82. The Hall–Kier alpha value is -2.38. The van der Waals surface area contributed by atoms with Crippen LogP contribution in [0.2, 0.25) is 0 Å². The third kappa shape index (κ3) is 5.11. The van der Waals surface area contributed by atoms with Gasteiger partial charge in [-0.15, -0.1) is 10.2 Å². The molecule has 5 nitrogen and oxygen atoms in total. The van der Waals surface area contributed by atoms with E-state index in [0.29, 0.717) is 11.7 Å². The number of carbonyl (C=O) groups is 1. The van der Waals surface area contributed by atoms with E-state index in [1.165, 1.54) is 34.2 Å². The molecule has 0 radical (unpaired) electrons. The van der Waals surface area contributed by atoms with Crippen LogP contribution in [0, 0.1) is 13.8 Å². The largest absolute Gasteiger partial charge is 0.330 e. The van der Waals surface area contributed by atoms with Crippen LogP contribution in [-0.2, 0) is 4.79 Å². The van der Waals surface area contributed by atoms with Crippen molar-refractivity contribution in [2.75, 3.05) is 16.4 Å². The Morgan fingerprint density at radius 1 is 1.07 bits per heavy atom. The maximum absolute atomic E-state index is 12.3. The first-order chi connectivity index (χ1) is 13.4. The van der Waals surface area contributed by atoms with Crippen LogP contribution in [0.25, 0.3) is 0 Å². The number of carbonyl (C=O) groups excluding carboxylic acids is 1. The first kappa shape index (κ1) is 20.4. The molecule has 0 bridgehead atoms. The average molecular weight is 413 g/mol. The highest BCUT2D eigenvalue weighted by molar-refractivity contribution is 8.01. The summed E-state index contributed by atoms with van der Waals surface area (Å²) in [5, 5.41) is 15.4. The van der Waals surface area contributed by atoms with E-state index >= 15 is 0 Å². The number of nitrogens with zero attached hydrogens (tertiary/aromatic N) is 2. The second-order valence-corrected chi connectivity index (χ2v) is 9.02. The van der Waals surface area contributed by atoms with Gasteiger partial charge in [-0.05, 0) is 48.6 Å². The zero-order chi connectivity index (χ0) is 20.1. The van der Waals surface area contributed by atoms with Gasteiger partial charge in [0.05, 0.1) is 5.75 Å². The summed E-state index contributed by atoms with van der Waals surface area (Å²) in [6.07, 6.45) is 0. The summed E-state index contributed by atoms with van der Waals surface area (Å²) < 4.78 is 0.764. The van der Waals surface area contributed by atoms with Gasteiger partial charge < -0.3 is 10.6 Å². The molecule has 1 heterocycles. The lowest BCUT2D eigenvalue weighted by Gasteiger charge is -2.13. The van der Waals surface area contributed by atoms with E-state index in [-0.39, 0.29) is 5.91 Å². The second kappa shape index (κ2) is 9.21. The van der Waals surface area contributed by atoms with Crippen LogP contribution in [0.3, 0.4) is 0 Å². The molecule has 0 aliphatic rings. The highest BCUT2D eigenvalue weighted by Gasteiger charge is 2.12. The van der Waals surface area contributed by atoms with Crippen LogP contribution in [-0.4, -0.2) is 21.9 Å². The molecule has 146 valence electrons. The van der Waals surface area contributed by atoms with E-state index in [4.69, 9.17) is 0 Å². The fourth-order valence-corrected chi connectivity index (χ4v) is 4.31. The monoisotopic (exact) mass is 412 g/mol. The van der Waals surface area contributed by atoms with Gasteiger partial charge in [-0.3, -0.25) is 4.79 Å². The molecule has 0 saturated carbocycles. The molecule has 0 aliphatic heterocycles. The maximum Gasteiger partial charge on any atom is 0.234 e. The van der Waals surface area contributed by atoms with E-state index in [0.717, 1.165) is 26.4 Å². The Kier molecular flexibility index (Phi) is 6.70. The molecule has 0 saturated heterocycles. The van der Waals surface area contributed by atoms with Crippen molar-refractivity contribution >= 4 is 45.5 Å². The lowest BCUT2D eigenvalue weighted by molar-refractivity contribution is -0.113. The van der Waals surface area contributed by atoms with E-state index in [1.807, 2.05) is 36.4 Å². The van der Waals surface area contributed by atoms with Crippen molar-refractivity contribution in [3.63, 3.8) is 0 Å². The molecular formula is C21H24N4OS2. The first-order valence-corrected chi connectivity index (χ1v) is 10.9. The maximum atomic E-state index is 12.3. The fraction of sp³-hybridized carbons (Fsp3) is 0.286. The normalized spacial score (nSPS) is 10.9. The topological polar surface area (TPSA) is 66.9 Å². The number of aryl methyl sites for hydroxylation is 1. The minimum absolute atomic E-state index is 0.0441. The quantitative estimate of drug-likeness (QED) is 0.484. The molecule has 0 unspecified atom stereocenters. The third-order valence-electron chi connectivity index (χ3n) is 4.44. The van der Waals surface area contributed by atoms with Gasteiger partial charge in [0, 0.05) is 11.4 Å². The highest BCUT2D eigenvalue weighted by atomic mass is 32.2. The van der Waals surface area contributed by atoms with Crippen LogP contribution < -0.4 is 10.6 Å². The average Bonchev–Trinajstić information content (AvgIpc) is 3.11. The summed E-state index contributed by atoms with van der Waals surface area (Å²) in [5.41, 5.74) is 5.45. The zero-order valence-corrected chi connectivity index (χ0v) is 18.1. The standard InChI is InChI=1S/C21H24N4OS2/c1-13(2)16-9-5-6-10-18(16)22-19(26)12-27-21-25-24-20(28-21)23-17-11-7-8-14(3)15(17)4/h5-11,13H,12H2,1-4H3,(H,22,26)(H,23,24). The number of hydrogen-bond acceptors (Lipinski definition) is 6. The number of thioether (sulfide) groups is 1. The summed E-state index contributed by atoms with van der Waals surface area (Å²) in [5.74, 6) is 0.605. The van der Waals surface area contributed by atoms with Crippen LogP contribution in [0.4, 0.5) is 16.5 Å². The number of aromatic nitrogens is 2. The molecule has 28 heavy (non-hydrogen) atoms. The zero-order valence-electron chi connectivity index (χ0n) is 16.4. The Morgan fingerprint density at radius 2 is 1.82 bits per heavy atom. The number of anilines is 3. The third-order valence-corrected chi connectivity index (χ3v) is 6.41. The molecule has 1 amide bonds. The van der Waals surface area contributed by atoms with Crippen molar-refractivity contribution in [1.29, 1.82) is 0 Å². The van der Waals surface area contributed by atoms with Gasteiger partial charge in [-0.2, -0.15) is 0 Å². The predicted octanol–water partition coefficient (Wildman–Crippen LogP) is 5.75. The Labute approximate surface area is 174 Å². The minimum atomic E-state index is -0.0441. The van der Waals surface area contributed by atoms with E-state index < -0.39 is 0 Å². The number of rotatable bonds is 7. The number of nitrogens with one attached hydrogen (secondary N) is 2. The number of hydrogen-bond donors (Lipinski definition) is 2. The molecule has 1 aromatic heterocycles. The van der Waals surface area contributed by atoms with Crippen molar-refractivity contribution in [3.8, 4) is 0 Å². The van der Waals surface area contributed by atoms with Crippen molar-refractivity contribution < 1.29 is 4.79 Å². The highest BCUT2D eigenvalue weighted by Crippen LogP contribution is 2.30. The van der Waals surface area contributed by atoms with Crippen molar-refractivity contribution in [2.45, 2.75) is 38.0 Å². The number of amides is 1. The van der Waals surface area contributed by atoms with Gasteiger partial charge in [0.25, 0.3) is 0 Å². The summed E-state index contributed by atoms with van der Waals surface area (Å²) in [6, 6.07) is 14.0. The Morgan fingerprint density at radius 3 is 2.61 bits per heavy atom. The van der Waals surface area contributed by atoms with E-state index in [9.17, 15) is 4.79 Å². The number of benzene rings is 2. The lowest BCUT2D eigenvalue weighted by Crippen LogP contribution is -2.15. The summed E-state index contributed by atoms with van der Waals surface area (Å²) in [7, 11) is 0. The van der Waals surface area contributed by atoms with Crippen LogP contribution in [0.1, 0.15) is 36.5 Å². The predicted molar refractivity (Wildman–Crippen MR) is 119 cm³/mol. The minimum Gasteiger partial charge on any atom is -0.330 e. The van der Waals surface area contributed by atoms with Crippen molar-refractivity contribution in [2.24, 2.45) is 0 Å². The Bertz CT molecular complexity index is 969. The van der Waals surface area contributed by atoms with Gasteiger partial charge in [-0.25, -0.2) is 0 Å². The van der Waals surface area contributed by atoms with Gasteiger partial charge in [0.15, 0.2) is 4.34 Å². The molecule has 2 aromatic carbocycles. The smallest absolute Gasteiger partial charge is 0.234 e. The van der Waals surface area contributed by atoms with Crippen LogP contribution in [0.15, 0.2) is 46.8 Å². The molecule has 7 heteroatoms. The van der Waals surface area contributed by atoms with Gasteiger partial charge in [-0.1, -0.05) is 67.3 Å².